The quantitative estimate of drug-likeness (QED) is 0.575. The third-order valence-corrected chi connectivity index (χ3v) is 4.14. The molecule has 0 radical (unpaired) electrons. The fourth-order valence-corrected chi connectivity index (χ4v) is 2.82. The Morgan fingerprint density at radius 3 is 2.50 bits per heavy atom. The normalized spacial score (nSPS) is 10.3. The van der Waals surface area contributed by atoms with Crippen LogP contribution in [0.3, 0.4) is 0 Å². The van der Waals surface area contributed by atoms with Crippen LogP contribution in [0.15, 0.2) is 80.0 Å². The second-order valence-electron chi connectivity index (χ2n) is 6.04. The van der Waals surface area contributed by atoms with Crippen molar-refractivity contribution in [1.82, 2.24) is 9.97 Å². The molecular weight excluding hydrogens is 352 g/mol. The number of carbonyl (C=O) groups is 1. The molecule has 0 saturated carbocycles. The van der Waals surface area contributed by atoms with E-state index in [2.05, 4.69) is 23.1 Å². The highest BCUT2D eigenvalue weighted by molar-refractivity contribution is 5.95. The largest absolute Gasteiger partial charge is 0.490 e. The molecule has 0 spiro atoms. The molecule has 0 bridgehead atoms. The van der Waals surface area contributed by atoms with Crippen LogP contribution in [0.1, 0.15) is 15.9 Å². The SMILES string of the molecule is C=CCOc1ccc(-c2ncc(C(=O)O)c(-c3ccccc3CC=C)n2)cc1. The van der Waals surface area contributed by atoms with E-state index in [4.69, 9.17) is 4.74 Å². The Kier molecular flexibility index (Phi) is 5.97. The van der Waals surface area contributed by atoms with Crippen molar-refractivity contribution in [2.75, 3.05) is 6.61 Å². The first-order chi connectivity index (χ1) is 13.6. The first kappa shape index (κ1) is 19.0. The standard InChI is InChI=1S/C23H20N2O3/c1-3-7-16-8-5-6-9-19(16)21-20(23(26)27)15-24-22(25-21)17-10-12-18(13-11-17)28-14-4-2/h3-6,8-13,15H,1-2,7,14H2,(H,26,27). The number of allylic oxidation sites excluding steroid dienone is 1. The molecule has 3 aromatic rings. The molecule has 0 fully saturated rings. The average molecular weight is 372 g/mol. The monoisotopic (exact) mass is 372 g/mol. The molecule has 5 heteroatoms. The Bertz CT molecular complexity index is 1010. The predicted molar refractivity (Wildman–Crippen MR) is 109 cm³/mol. The molecule has 0 amide bonds. The van der Waals surface area contributed by atoms with Crippen LogP contribution < -0.4 is 4.74 Å². The summed E-state index contributed by atoms with van der Waals surface area (Å²) in [6, 6.07) is 14.9. The van der Waals surface area contributed by atoms with Gasteiger partial charge in [0.2, 0.25) is 0 Å². The summed E-state index contributed by atoms with van der Waals surface area (Å²) in [5.41, 5.74) is 2.94. The lowest BCUT2D eigenvalue weighted by atomic mass is 9.98. The van der Waals surface area contributed by atoms with Crippen molar-refractivity contribution in [1.29, 1.82) is 0 Å². The van der Waals surface area contributed by atoms with Crippen molar-refractivity contribution in [3.05, 3.63) is 91.2 Å². The summed E-state index contributed by atoms with van der Waals surface area (Å²) >= 11 is 0. The zero-order chi connectivity index (χ0) is 19.9. The predicted octanol–water partition coefficient (Wildman–Crippen LogP) is 4.80. The second kappa shape index (κ2) is 8.77. The Morgan fingerprint density at radius 1 is 1.07 bits per heavy atom. The van der Waals surface area contributed by atoms with Gasteiger partial charge in [-0.1, -0.05) is 43.0 Å². The van der Waals surface area contributed by atoms with Crippen molar-refractivity contribution in [3.63, 3.8) is 0 Å². The van der Waals surface area contributed by atoms with E-state index in [-0.39, 0.29) is 5.56 Å². The number of benzene rings is 2. The van der Waals surface area contributed by atoms with Crippen LogP contribution in [-0.4, -0.2) is 27.7 Å². The van der Waals surface area contributed by atoms with E-state index < -0.39 is 5.97 Å². The molecule has 3 rings (SSSR count). The third-order valence-electron chi connectivity index (χ3n) is 4.14. The zero-order valence-corrected chi connectivity index (χ0v) is 15.3. The number of carboxylic acids is 1. The van der Waals surface area contributed by atoms with Gasteiger partial charge in [-0.3, -0.25) is 0 Å². The minimum absolute atomic E-state index is 0.0613. The first-order valence-electron chi connectivity index (χ1n) is 8.77. The Morgan fingerprint density at radius 2 is 1.82 bits per heavy atom. The van der Waals surface area contributed by atoms with Crippen molar-refractivity contribution >= 4 is 5.97 Å². The summed E-state index contributed by atoms with van der Waals surface area (Å²) in [5, 5.41) is 9.60. The molecular formula is C23H20N2O3. The van der Waals surface area contributed by atoms with Crippen LogP contribution in [-0.2, 0) is 6.42 Å². The Hall–Kier alpha value is -3.73. The van der Waals surface area contributed by atoms with Gasteiger partial charge in [0.15, 0.2) is 5.82 Å². The van der Waals surface area contributed by atoms with Gasteiger partial charge in [0.25, 0.3) is 0 Å². The van der Waals surface area contributed by atoms with E-state index in [1.54, 1.807) is 12.2 Å². The highest BCUT2D eigenvalue weighted by atomic mass is 16.5. The maximum Gasteiger partial charge on any atom is 0.339 e. The van der Waals surface area contributed by atoms with E-state index in [9.17, 15) is 9.90 Å². The van der Waals surface area contributed by atoms with Gasteiger partial charge in [0.05, 0.1) is 5.69 Å². The fraction of sp³-hybridized carbons (Fsp3) is 0.0870. The molecule has 0 saturated heterocycles. The van der Waals surface area contributed by atoms with Crippen molar-refractivity contribution in [3.8, 4) is 28.4 Å². The van der Waals surface area contributed by atoms with Crippen LogP contribution in [0.2, 0.25) is 0 Å². The van der Waals surface area contributed by atoms with Crippen LogP contribution in [0.4, 0.5) is 0 Å². The summed E-state index contributed by atoms with van der Waals surface area (Å²) in [5.74, 6) is 0.0918. The average Bonchev–Trinajstić information content (AvgIpc) is 2.73. The summed E-state index contributed by atoms with van der Waals surface area (Å²) < 4.78 is 5.49. The van der Waals surface area contributed by atoms with Crippen LogP contribution in [0.25, 0.3) is 22.6 Å². The third kappa shape index (κ3) is 4.15. The summed E-state index contributed by atoms with van der Waals surface area (Å²) in [7, 11) is 0. The summed E-state index contributed by atoms with van der Waals surface area (Å²) in [6.45, 7) is 7.82. The van der Waals surface area contributed by atoms with Gasteiger partial charge in [-0.05, 0) is 36.2 Å². The highest BCUT2D eigenvalue weighted by Crippen LogP contribution is 2.28. The molecule has 0 aliphatic carbocycles. The Balaban J connectivity index is 2.07. The van der Waals surface area contributed by atoms with Gasteiger partial charge >= 0.3 is 5.97 Å². The van der Waals surface area contributed by atoms with Crippen LogP contribution >= 0.6 is 0 Å². The molecule has 1 N–H and O–H groups in total. The highest BCUT2D eigenvalue weighted by Gasteiger charge is 2.18. The van der Waals surface area contributed by atoms with Crippen molar-refractivity contribution < 1.29 is 14.6 Å². The maximum atomic E-state index is 11.7. The molecule has 0 aliphatic rings. The number of nitrogens with zero attached hydrogens (tertiary/aromatic N) is 2. The summed E-state index contributed by atoms with van der Waals surface area (Å²) in [4.78, 5) is 20.6. The van der Waals surface area contributed by atoms with E-state index in [1.807, 2.05) is 48.5 Å². The molecule has 0 aliphatic heterocycles. The van der Waals surface area contributed by atoms with E-state index >= 15 is 0 Å². The van der Waals surface area contributed by atoms with Gasteiger partial charge in [-0.15, -0.1) is 6.58 Å². The van der Waals surface area contributed by atoms with E-state index in [1.165, 1.54) is 6.20 Å². The lowest BCUT2D eigenvalue weighted by Gasteiger charge is -2.12. The van der Waals surface area contributed by atoms with Crippen LogP contribution in [0, 0.1) is 0 Å². The molecule has 0 unspecified atom stereocenters. The van der Waals surface area contributed by atoms with Gasteiger partial charge in [-0.2, -0.15) is 0 Å². The van der Waals surface area contributed by atoms with Gasteiger partial charge in [-0.25, -0.2) is 14.8 Å². The number of aromatic nitrogens is 2. The lowest BCUT2D eigenvalue weighted by Crippen LogP contribution is -2.06. The van der Waals surface area contributed by atoms with E-state index in [0.717, 1.165) is 16.7 Å². The fourth-order valence-electron chi connectivity index (χ4n) is 2.82. The molecule has 140 valence electrons. The first-order valence-corrected chi connectivity index (χ1v) is 8.77. The van der Waals surface area contributed by atoms with Gasteiger partial charge < -0.3 is 9.84 Å². The van der Waals surface area contributed by atoms with Crippen molar-refractivity contribution in [2.24, 2.45) is 0 Å². The molecule has 0 atom stereocenters. The number of ether oxygens (including phenoxy) is 1. The van der Waals surface area contributed by atoms with Crippen molar-refractivity contribution in [2.45, 2.75) is 6.42 Å². The number of hydrogen-bond acceptors (Lipinski definition) is 4. The smallest absolute Gasteiger partial charge is 0.339 e. The minimum Gasteiger partial charge on any atom is -0.490 e. The second-order valence-corrected chi connectivity index (χ2v) is 6.04. The molecule has 1 aromatic heterocycles. The van der Waals surface area contributed by atoms with E-state index in [0.29, 0.717) is 30.3 Å². The number of carboxylic acid groups (broad SMARTS) is 1. The molecule has 2 aromatic carbocycles. The number of aromatic carboxylic acids is 1. The summed E-state index contributed by atoms with van der Waals surface area (Å²) in [6.07, 6.45) is 5.43. The van der Waals surface area contributed by atoms with Crippen LogP contribution in [0.5, 0.6) is 5.75 Å². The minimum atomic E-state index is -1.07. The topological polar surface area (TPSA) is 72.3 Å². The van der Waals surface area contributed by atoms with Gasteiger partial charge in [0.1, 0.15) is 17.9 Å². The Labute approximate surface area is 163 Å². The number of rotatable bonds is 8. The molecule has 5 nitrogen and oxygen atoms in total. The zero-order valence-electron chi connectivity index (χ0n) is 15.3. The molecule has 1 heterocycles. The lowest BCUT2D eigenvalue weighted by molar-refractivity contribution is 0.0697. The molecule has 28 heavy (non-hydrogen) atoms. The number of hydrogen-bond donors (Lipinski definition) is 1. The van der Waals surface area contributed by atoms with Gasteiger partial charge in [0, 0.05) is 17.3 Å². The maximum absolute atomic E-state index is 11.7.